The summed E-state index contributed by atoms with van der Waals surface area (Å²) in [4.78, 5) is 16.9. The summed E-state index contributed by atoms with van der Waals surface area (Å²) in [5, 5.41) is 15.4. The molecule has 0 fully saturated rings. The number of hydrogen-bond acceptors (Lipinski definition) is 4. The zero-order valence-corrected chi connectivity index (χ0v) is 19.2. The van der Waals surface area contributed by atoms with Crippen LogP contribution in [0, 0.1) is 25.1 Å². The number of aryl methyl sites for hydroxylation is 1. The Morgan fingerprint density at radius 1 is 1.12 bits per heavy atom. The first-order chi connectivity index (χ1) is 15.8. The number of carbonyl (C=O) groups is 1. The molecule has 164 valence electrons. The number of benzene rings is 2. The lowest BCUT2D eigenvalue weighted by Gasteiger charge is -2.20. The molecule has 6 nitrogen and oxygen atoms in total. The predicted molar refractivity (Wildman–Crippen MR) is 131 cm³/mol. The molecule has 0 atom stereocenters. The highest BCUT2D eigenvalue weighted by Gasteiger charge is 2.36. The molecule has 3 heterocycles. The topological polar surface area (TPSA) is 73.8 Å². The van der Waals surface area contributed by atoms with Crippen molar-refractivity contribution in [3.05, 3.63) is 93.5 Å². The van der Waals surface area contributed by atoms with E-state index in [1.165, 1.54) is 11.1 Å². The summed E-state index contributed by atoms with van der Waals surface area (Å²) in [5.74, 6) is -1.07. The number of amidine groups is 2. The summed E-state index contributed by atoms with van der Waals surface area (Å²) in [6.07, 6.45) is 1.64. The van der Waals surface area contributed by atoms with Gasteiger partial charge in [0.05, 0.1) is 16.3 Å². The molecule has 1 aromatic heterocycles. The van der Waals surface area contributed by atoms with E-state index >= 15 is 0 Å². The minimum absolute atomic E-state index is 0.105. The molecule has 0 unspecified atom stereocenters. The highest BCUT2D eigenvalue weighted by atomic mass is 35.5. The molecule has 0 radical (unpaired) electrons. The third-order valence-corrected chi connectivity index (χ3v) is 6.68. The lowest BCUT2D eigenvalue weighted by atomic mass is 10.1. The maximum absolute atomic E-state index is 14.2. The Morgan fingerprint density at radius 3 is 2.61 bits per heavy atom. The average molecular weight is 478 g/mol. The molecule has 2 aliphatic heterocycles. The first-order valence-electron chi connectivity index (χ1n) is 10.0. The molecule has 0 saturated carbocycles. The van der Waals surface area contributed by atoms with E-state index in [0.717, 1.165) is 34.4 Å². The molecule has 0 bridgehead atoms. The van der Waals surface area contributed by atoms with E-state index in [2.05, 4.69) is 10.1 Å². The second kappa shape index (κ2) is 8.13. The summed E-state index contributed by atoms with van der Waals surface area (Å²) in [6.45, 7) is 3.87. The van der Waals surface area contributed by atoms with Gasteiger partial charge in [-0.05, 0) is 67.6 Å². The van der Waals surface area contributed by atoms with Crippen molar-refractivity contribution in [2.75, 3.05) is 0 Å². The van der Waals surface area contributed by atoms with Crippen LogP contribution in [0.25, 0.3) is 11.8 Å². The number of rotatable bonds is 3. The lowest BCUT2D eigenvalue weighted by molar-refractivity contribution is -0.114. The van der Waals surface area contributed by atoms with Crippen LogP contribution < -0.4 is 0 Å². The molecule has 33 heavy (non-hydrogen) atoms. The Hall–Kier alpha value is -3.49. The van der Waals surface area contributed by atoms with Crippen LogP contribution in [-0.2, 0) is 4.79 Å². The predicted octanol–water partition coefficient (Wildman–Crippen LogP) is 5.55. The molecule has 5 rings (SSSR count). The van der Waals surface area contributed by atoms with Crippen LogP contribution in [0.5, 0.6) is 0 Å². The van der Waals surface area contributed by atoms with E-state index in [0.29, 0.717) is 15.6 Å². The molecule has 0 saturated heterocycles. The van der Waals surface area contributed by atoms with Crippen LogP contribution in [0.15, 0.2) is 70.3 Å². The number of amides is 1. The Kier molecular flexibility index (Phi) is 5.26. The fourth-order valence-corrected chi connectivity index (χ4v) is 4.97. The van der Waals surface area contributed by atoms with Crippen molar-refractivity contribution in [1.29, 1.82) is 5.41 Å². The molecule has 1 amide bonds. The summed E-state index contributed by atoms with van der Waals surface area (Å²) < 4.78 is 16.2. The van der Waals surface area contributed by atoms with Crippen molar-refractivity contribution in [2.45, 2.75) is 13.8 Å². The van der Waals surface area contributed by atoms with Crippen LogP contribution in [0.4, 0.5) is 4.39 Å². The van der Waals surface area contributed by atoms with Gasteiger partial charge in [-0.1, -0.05) is 35.9 Å². The maximum Gasteiger partial charge on any atom is 0.283 e. The first kappa shape index (κ1) is 21.4. The quantitative estimate of drug-likeness (QED) is 0.502. The minimum atomic E-state index is -0.536. The summed E-state index contributed by atoms with van der Waals surface area (Å²) in [5.41, 5.74) is 3.81. The minimum Gasteiger partial charge on any atom is -0.316 e. The first-order valence-corrected chi connectivity index (χ1v) is 11.2. The van der Waals surface area contributed by atoms with Crippen LogP contribution in [-0.4, -0.2) is 31.5 Å². The Bertz CT molecular complexity index is 1440. The fourth-order valence-electron chi connectivity index (χ4n) is 3.83. The highest BCUT2D eigenvalue weighted by molar-refractivity contribution is 8.27. The molecule has 2 aliphatic rings. The Balaban J connectivity index is 1.53. The second-order valence-corrected chi connectivity index (χ2v) is 8.88. The number of aromatic nitrogens is 1. The van der Waals surface area contributed by atoms with Gasteiger partial charge in [0, 0.05) is 17.0 Å². The Labute approximate surface area is 198 Å². The molecule has 9 heteroatoms. The van der Waals surface area contributed by atoms with Gasteiger partial charge in [-0.15, -0.1) is 0 Å². The normalized spacial score (nSPS) is 16.8. The van der Waals surface area contributed by atoms with Crippen LogP contribution in [0.1, 0.15) is 22.5 Å². The van der Waals surface area contributed by atoms with Crippen molar-refractivity contribution < 1.29 is 9.18 Å². The average Bonchev–Trinajstić information content (AvgIpc) is 3.32. The number of thioether (sulfide) groups is 1. The van der Waals surface area contributed by atoms with Gasteiger partial charge in [0.2, 0.25) is 5.17 Å². The molecule has 2 aromatic carbocycles. The van der Waals surface area contributed by atoms with Crippen molar-refractivity contribution in [2.24, 2.45) is 10.1 Å². The molecular formula is C24H17ClFN5OS. The number of hydrazone groups is 1. The van der Waals surface area contributed by atoms with Gasteiger partial charge in [0.25, 0.3) is 5.91 Å². The number of hydrogen-bond donors (Lipinski definition) is 1. The van der Waals surface area contributed by atoms with E-state index in [-0.39, 0.29) is 16.6 Å². The van der Waals surface area contributed by atoms with Gasteiger partial charge in [-0.25, -0.2) is 4.39 Å². The number of para-hydroxylation sites is 1. The standard InChI is InChI=1S/C24H17ClFN5OS/c1-13-11-15(14(2)30(13)20-10-6-4-8-18(20)25)12-17-21(27)31-24(28-22(17)32)33-23(29-31)16-7-3-5-9-19(16)26/h3-12,27H,1-2H3/b17-12-,27-21?. The van der Waals surface area contributed by atoms with E-state index < -0.39 is 11.7 Å². The number of fused-ring (bicyclic) bond motifs is 1. The van der Waals surface area contributed by atoms with Gasteiger partial charge in [-0.2, -0.15) is 15.1 Å². The molecular weight excluding hydrogens is 461 g/mol. The zero-order valence-electron chi connectivity index (χ0n) is 17.6. The van der Waals surface area contributed by atoms with Crippen molar-refractivity contribution in [1.82, 2.24) is 9.58 Å². The van der Waals surface area contributed by atoms with Gasteiger partial charge in [-0.3, -0.25) is 10.2 Å². The smallest absolute Gasteiger partial charge is 0.283 e. The van der Waals surface area contributed by atoms with Crippen molar-refractivity contribution in [3.63, 3.8) is 0 Å². The van der Waals surface area contributed by atoms with Gasteiger partial charge in [0.15, 0.2) is 5.84 Å². The number of aliphatic imine (C=N–C) groups is 1. The van der Waals surface area contributed by atoms with E-state index in [4.69, 9.17) is 17.0 Å². The third-order valence-electron chi connectivity index (χ3n) is 5.42. The summed E-state index contributed by atoms with van der Waals surface area (Å²) >= 11 is 7.46. The monoisotopic (exact) mass is 477 g/mol. The van der Waals surface area contributed by atoms with Gasteiger partial charge in [0.1, 0.15) is 10.9 Å². The highest BCUT2D eigenvalue weighted by Crippen LogP contribution is 2.33. The van der Waals surface area contributed by atoms with Crippen molar-refractivity contribution >= 4 is 51.4 Å². The number of nitrogens with one attached hydrogen (secondary N) is 1. The largest absolute Gasteiger partial charge is 0.316 e. The molecule has 0 spiro atoms. The molecule has 3 aromatic rings. The molecule has 1 N–H and O–H groups in total. The number of nitrogens with zero attached hydrogens (tertiary/aromatic N) is 4. The van der Waals surface area contributed by atoms with Crippen LogP contribution in [0.3, 0.4) is 0 Å². The van der Waals surface area contributed by atoms with Gasteiger partial charge < -0.3 is 4.57 Å². The van der Waals surface area contributed by atoms with Crippen LogP contribution in [0.2, 0.25) is 5.02 Å². The second-order valence-electron chi connectivity index (χ2n) is 7.52. The third kappa shape index (κ3) is 3.61. The number of halogens is 2. The number of carbonyl (C=O) groups excluding carboxylic acids is 1. The zero-order chi connectivity index (χ0) is 23.3. The van der Waals surface area contributed by atoms with E-state index in [1.54, 1.807) is 24.3 Å². The van der Waals surface area contributed by atoms with Gasteiger partial charge >= 0.3 is 0 Å². The van der Waals surface area contributed by atoms with E-state index in [9.17, 15) is 9.18 Å². The maximum atomic E-state index is 14.2. The Morgan fingerprint density at radius 2 is 1.85 bits per heavy atom. The van der Waals surface area contributed by atoms with Crippen molar-refractivity contribution in [3.8, 4) is 5.69 Å². The SMILES string of the molecule is Cc1cc(/C=C2/C(=N)N3N=C(c4ccccc4F)SC3=NC2=O)c(C)n1-c1ccccc1Cl. The van der Waals surface area contributed by atoms with Crippen LogP contribution >= 0.6 is 23.4 Å². The molecule has 0 aliphatic carbocycles. The summed E-state index contributed by atoms with van der Waals surface area (Å²) in [6, 6.07) is 15.7. The summed E-state index contributed by atoms with van der Waals surface area (Å²) in [7, 11) is 0. The fraction of sp³-hybridized carbons (Fsp3) is 0.0833. The van der Waals surface area contributed by atoms with E-state index in [1.807, 2.05) is 48.7 Å². The lowest BCUT2D eigenvalue weighted by Crippen LogP contribution is -2.35.